The Hall–Kier alpha value is -1.35. The molecule has 0 spiro atoms. The van der Waals surface area contributed by atoms with Gasteiger partial charge in [0.25, 0.3) is 0 Å². The van der Waals surface area contributed by atoms with E-state index in [0.717, 1.165) is 14.9 Å². The molecule has 1 nitrogen and oxygen atoms in total. The van der Waals surface area contributed by atoms with Crippen molar-refractivity contribution in [3.05, 3.63) is 81.3 Å². The summed E-state index contributed by atoms with van der Waals surface area (Å²) in [4.78, 5) is 0. The second-order valence-electron chi connectivity index (χ2n) is 4.96. The van der Waals surface area contributed by atoms with Gasteiger partial charge in [0.05, 0.1) is 6.04 Å². The first-order valence-corrected chi connectivity index (χ1v) is 7.97. The molecule has 0 radical (unpaired) electrons. The van der Waals surface area contributed by atoms with Crippen LogP contribution in [-0.4, -0.2) is 7.05 Å². The Balaban J connectivity index is 2.17. The quantitative estimate of drug-likeness (QED) is 0.644. The number of hydrogen-bond donors (Lipinski definition) is 1. The van der Waals surface area contributed by atoms with E-state index < -0.39 is 0 Å². The molecule has 0 fully saturated rings. The van der Waals surface area contributed by atoms with Gasteiger partial charge in [-0.25, -0.2) is 0 Å². The Morgan fingerprint density at radius 1 is 0.905 bits per heavy atom. The molecule has 0 bridgehead atoms. The summed E-state index contributed by atoms with van der Waals surface area (Å²) in [6.07, 6.45) is 0. The zero-order valence-corrected chi connectivity index (χ0v) is 13.9. The number of hydrogen-bond acceptors (Lipinski definition) is 1. The van der Waals surface area contributed by atoms with Gasteiger partial charge in [-0.05, 0) is 41.8 Å². The summed E-state index contributed by atoms with van der Waals surface area (Å²) in [5.74, 6) is 0. The van der Waals surface area contributed by atoms with Gasteiger partial charge in [0.1, 0.15) is 0 Å². The lowest BCUT2D eigenvalue weighted by molar-refractivity contribution is 0.697. The van der Waals surface area contributed by atoms with Crippen LogP contribution in [0.4, 0.5) is 0 Å². The van der Waals surface area contributed by atoms with Gasteiger partial charge in [-0.2, -0.15) is 0 Å². The van der Waals surface area contributed by atoms with Gasteiger partial charge >= 0.3 is 0 Å². The van der Waals surface area contributed by atoms with Crippen molar-refractivity contribution >= 4 is 38.3 Å². The summed E-state index contributed by atoms with van der Waals surface area (Å²) >= 11 is 9.80. The Morgan fingerprint density at radius 3 is 2.24 bits per heavy atom. The lowest BCUT2D eigenvalue weighted by atomic mass is 9.94. The minimum atomic E-state index is 0.139. The van der Waals surface area contributed by atoms with Crippen LogP contribution in [0.15, 0.2) is 65.1 Å². The molecule has 0 aromatic heterocycles. The van der Waals surface area contributed by atoms with Gasteiger partial charge in [-0.15, -0.1) is 0 Å². The van der Waals surface area contributed by atoms with Gasteiger partial charge < -0.3 is 5.32 Å². The monoisotopic (exact) mass is 359 g/mol. The lowest BCUT2D eigenvalue weighted by Gasteiger charge is -2.20. The summed E-state index contributed by atoms with van der Waals surface area (Å²) in [5.41, 5.74) is 2.47. The van der Waals surface area contributed by atoms with Crippen LogP contribution in [0.25, 0.3) is 10.8 Å². The number of halogens is 2. The smallest absolute Gasteiger partial charge is 0.0580 e. The summed E-state index contributed by atoms with van der Waals surface area (Å²) in [7, 11) is 1.98. The van der Waals surface area contributed by atoms with Gasteiger partial charge in [0.15, 0.2) is 0 Å². The van der Waals surface area contributed by atoms with E-state index in [9.17, 15) is 0 Å². The minimum Gasteiger partial charge on any atom is -0.309 e. The SMILES string of the molecule is CNC(c1ccc(Br)cc1)c1ccc(Cl)c2ccccc12. The van der Waals surface area contributed by atoms with E-state index in [1.165, 1.54) is 16.5 Å². The van der Waals surface area contributed by atoms with Crippen molar-refractivity contribution in [1.29, 1.82) is 0 Å². The topological polar surface area (TPSA) is 12.0 Å². The molecule has 3 aromatic rings. The Morgan fingerprint density at radius 2 is 1.57 bits per heavy atom. The van der Waals surface area contributed by atoms with E-state index in [4.69, 9.17) is 11.6 Å². The molecule has 3 heteroatoms. The van der Waals surface area contributed by atoms with E-state index in [2.05, 4.69) is 69.8 Å². The van der Waals surface area contributed by atoms with Crippen LogP contribution in [-0.2, 0) is 0 Å². The fraction of sp³-hybridized carbons (Fsp3) is 0.111. The van der Waals surface area contributed by atoms with Crippen LogP contribution in [0.2, 0.25) is 5.02 Å². The summed E-state index contributed by atoms with van der Waals surface area (Å²) in [6.45, 7) is 0. The molecule has 0 saturated heterocycles. The Kier molecular flexibility index (Phi) is 4.29. The maximum absolute atomic E-state index is 6.32. The molecule has 1 N–H and O–H groups in total. The molecular weight excluding hydrogens is 346 g/mol. The molecule has 0 aliphatic rings. The maximum Gasteiger partial charge on any atom is 0.0580 e. The molecule has 0 amide bonds. The molecule has 0 saturated carbocycles. The van der Waals surface area contributed by atoms with Crippen molar-refractivity contribution in [2.24, 2.45) is 0 Å². The van der Waals surface area contributed by atoms with Gasteiger partial charge in [0, 0.05) is 14.9 Å². The van der Waals surface area contributed by atoms with E-state index in [-0.39, 0.29) is 6.04 Å². The van der Waals surface area contributed by atoms with Gasteiger partial charge in [0.2, 0.25) is 0 Å². The molecule has 0 heterocycles. The predicted molar refractivity (Wildman–Crippen MR) is 94.0 cm³/mol. The van der Waals surface area contributed by atoms with Crippen LogP contribution in [0.1, 0.15) is 17.2 Å². The summed E-state index contributed by atoms with van der Waals surface area (Å²) in [5, 5.41) is 6.48. The van der Waals surface area contributed by atoms with Crippen molar-refractivity contribution in [2.45, 2.75) is 6.04 Å². The third-order valence-electron chi connectivity index (χ3n) is 3.71. The molecule has 1 unspecified atom stereocenters. The van der Waals surface area contributed by atoms with Crippen LogP contribution < -0.4 is 5.32 Å². The zero-order chi connectivity index (χ0) is 14.8. The molecule has 3 aromatic carbocycles. The van der Waals surface area contributed by atoms with Gasteiger partial charge in [-0.3, -0.25) is 0 Å². The third kappa shape index (κ3) is 2.84. The van der Waals surface area contributed by atoms with Crippen molar-refractivity contribution in [3.63, 3.8) is 0 Å². The third-order valence-corrected chi connectivity index (χ3v) is 4.57. The lowest BCUT2D eigenvalue weighted by Crippen LogP contribution is -2.17. The highest BCUT2D eigenvalue weighted by Gasteiger charge is 2.15. The first-order valence-electron chi connectivity index (χ1n) is 6.80. The predicted octanol–water partition coefficient (Wildman–Crippen LogP) is 5.56. The second-order valence-corrected chi connectivity index (χ2v) is 6.28. The first-order chi connectivity index (χ1) is 10.2. The molecule has 3 rings (SSSR count). The highest BCUT2D eigenvalue weighted by atomic mass is 79.9. The van der Waals surface area contributed by atoms with Gasteiger partial charge in [-0.1, -0.05) is 70.0 Å². The van der Waals surface area contributed by atoms with Crippen molar-refractivity contribution < 1.29 is 0 Å². The highest BCUT2D eigenvalue weighted by Crippen LogP contribution is 2.33. The van der Waals surface area contributed by atoms with Crippen LogP contribution in [0, 0.1) is 0 Å². The number of rotatable bonds is 3. The highest BCUT2D eigenvalue weighted by molar-refractivity contribution is 9.10. The second kappa shape index (κ2) is 6.18. The first kappa shape index (κ1) is 14.6. The molecule has 21 heavy (non-hydrogen) atoms. The molecular formula is C18H15BrClN. The Bertz CT molecular complexity index is 768. The Labute approximate surface area is 138 Å². The average Bonchev–Trinajstić information content (AvgIpc) is 2.52. The minimum absolute atomic E-state index is 0.139. The van der Waals surface area contributed by atoms with Crippen LogP contribution in [0.5, 0.6) is 0 Å². The standard InChI is InChI=1S/C18H15BrClN/c1-21-18(12-6-8-13(19)9-7-12)16-10-11-17(20)15-5-3-2-4-14(15)16/h2-11,18,21H,1H3. The maximum atomic E-state index is 6.32. The normalized spacial score (nSPS) is 12.5. The molecule has 1 atom stereocenters. The van der Waals surface area contributed by atoms with E-state index in [0.29, 0.717) is 0 Å². The fourth-order valence-electron chi connectivity index (χ4n) is 2.69. The van der Waals surface area contributed by atoms with Crippen LogP contribution in [0.3, 0.4) is 0 Å². The molecule has 106 valence electrons. The van der Waals surface area contributed by atoms with Crippen LogP contribution >= 0.6 is 27.5 Å². The summed E-state index contributed by atoms with van der Waals surface area (Å²) < 4.78 is 1.09. The fourth-order valence-corrected chi connectivity index (χ4v) is 3.19. The van der Waals surface area contributed by atoms with Crippen molar-refractivity contribution in [3.8, 4) is 0 Å². The number of benzene rings is 3. The molecule has 0 aliphatic heterocycles. The average molecular weight is 361 g/mol. The number of nitrogens with one attached hydrogen (secondary N) is 1. The van der Waals surface area contributed by atoms with Crippen molar-refractivity contribution in [2.75, 3.05) is 7.05 Å². The van der Waals surface area contributed by atoms with E-state index in [1.54, 1.807) is 0 Å². The molecule has 0 aliphatic carbocycles. The number of fused-ring (bicyclic) bond motifs is 1. The van der Waals surface area contributed by atoms with E-state index in [1.807, 2.05) is 19.2 Å². The van der Waals surface area contributed by atoms with Crippen molar-refractivity contribution in [1.82, 2.24) is 5.32 Å². The van der Waals surface area contributed by atoms with E-state index >= 15 is 0 Å². The zero-order valence-electron chi connectivity index (χ0n) is 11.6. The summed E-state index contributed by atoms with van der Waals surface area (Å²) in [6, 6.07) is 20.9. The largest absolute Gasteiger partial charge is 0.309 e.